The highest BCUT2D eigenvalue weighted by molar-refractivity contribution is 5.66. The summed E-state index contributed by atoms with van der Waals surface area (Å²) >= 11 is 0. The number of carbonyl (C=O) groups is 2. The second-order valence-corrected chi connectivity index (χ2v) is 15.8. The monoisotopic (exact) mass is 638 g/mol. The van der Waals surface area contributed by atoms with E-state index in [1.807, 2.05) is 6.08 Å². The van der Waals surface area contributed by atoms with Gasteiger partial charge in [-0.25, -0.2) is 0 Å². The molecular formula is C39H58O7. The van der Waals surface area contributed by atoms with E-state index in [9.17, 15) is 9.59 Å². The minimum atomic E-state index is -0.604. The number of rotatable bonds is 12. The molecule has 1 unspecified atom stereocenters. The first-order valence-electron chi connectivity index (χ1n) is 18.3. The van der Waals surface area contributed by atoms with E-state index < -0.39 is 30.4 Å². The molecule has 6 aliphatic rings. The maximum absolute atomic E-state index is 11.6. The number of allylic oxidation sites excluding steroid dienone is 3. The van der Waals surface area contributed by atoms with Gasteiger partial charge in [-0.15, -0.1) is 0 Å². The van der Waals surface area contributed by atoms with E-state index in [-0.39, 0.29) is 18.1 Å². The van der Waals surface area contributed by atoms with Gasteiger partial charge < -0.3 is 23.7 Å². The average Bonchev–Trinajstić information content (AvgIpc) is 3.77. The van der Waals surface area contributed by atoms with Crippen molar-refractivity contribution in [3.8, 4) is 0 Å². The molecule has 0 aromatic heterocycles. The van der Waals surface area contributed by atoms with Crippen molar-refractivity contribution >= 4 is 11.9 Å². The molecule has 0 aromatic rings. The number of carbonyl (C=O) groups excluding carboxylic acids is 2. The molecular weight excluding hydrogens is 580 g/mol. The minimum Gasteiger partial charge on any atom is -0.463 e. The van der Waals surface area contributed by atoms with E-state index in [1.165, 1.54) is 78.1 Å². The molecule has 46 heavy (non-hydrogen) atoms. The van der Waals surface area contributed by atoms with Crippen LogP contribution in [-0.2, 0) is 33.3 Å². The summed E-state index contributed by atoms with van der Waals surface area (Å²) in [4.78, 5) is 23.0. The third kappa shape index (κ3) is 7.37. The molecule has 1 aliphatic heterocycles. The zero-order chi connectivity index (χ0) is 32.5. The summed E-state index contributed by atoms with van der Waals surface area (Å²) in [6, 6.07) is 0. The van der Waals surface area contributed by atoms with Crippen molar-refractivity contribution in [3.05, 3.63) is 35.5 Å². The Morgan fingerprint density at radius 1 is 0.935 bits per heavy atom. The Kier molecular flexibility index (Phi) is 10.5. The molecule has 0 spiro atoms. The van der Waals surface area contributed by atoms with Crippen molar-refractivity contribution < 1.29 is 33.3 Å². The summed E-state index contributed by atoms with van der Waals surface area (Å²) < 4.78 is 29.1. The predicted octanol–water partition coefficient (Wildman–Crippen LogP) is 8.02. The minimum absolute atomic E-state index is 0.0144. The molecule has 4 fully saturated rings. The standard InChI is InChI=1S/C39H58O7/c1-25(9-7-6-8-22-42-29-11-12-29)32-14-15-33-31-13-10-28-23-30(18-20-38(28,4)34(31)19-21-39(32,33)5)45-37-17-16-35(44-27(3)41)36(46-37)24-43-26(2)40/h9-10,16-17,29-37H,6-8,11-15,18-24H2,1-5H3/b25-9+/t30-,31-,32+,33-,34-,35-,36+,37?,38-,39+/m0/s1. The van der Waals surface area contributed by atoms with Crippen LogP contribution in [0.3, 0.4) is 0 Å². The maximum Gasteiger partial charge on any atom is 0.303 e. The Hall–Kier alpha value is -1.96. The normalized spacial score (nSPS) is 40.4. The number of esters is 2. The molecule has 0 N–H and O–H groups in total. The van der Waals surface area contributed by atoms with Crippen LogP contribution in [0.2, 0.25) is 0 Å². The molecule has 0 saturated heterocycles. The van der Waals surface area contributed by atoms with E-state index in [0.29, 0.717) is 11.5 Å². The summed E-state index contributed by atoms with van der Waals surface area (Å²) in [7, 11) is 0. The number of hydrogen-bond acceptors (Lipinski definition) is 7. The van der Waals surface area contributed by atoms with Crippen LogP contribution < -0.4 is 0 Å². The Bertz CT molecular complexity index is 1200. The van der Waals surface area contributed by atoms with Crippen LogP contribution in [0.5, 0.6) is 0 Å². The molecule has 7 nitrogen and oxygen atoms in total. The molecule has 4 saturated carbocycles. The van der Waals surface area contributed by atoms with E-state index in [4.69, 9.17) is 23.7 Å². The maximum atomic E-state index is 11.6. The van der Waals surface area contributed by atoms with E-state index in [1.54, 1.807) is 17.2 Å². The number of ether oxygens (including phenoxy) is 5. The van der Waals surface area contributed by atoms with Crippen molar-refractivity contribution in [1.82, 2.24) is 0 Å². The van der Waals surface area contributed by atoms with Gasteiger partial charge in [-0.05, 0) is 137 Å². The van der Waals surface area contributed by atoms with Gasteiger partial charge in [0.1, 0.15) is 18.8 Å². The molecule has 7 heteroatoms. The number of fused-ring (bicyclic) bond motifs is 5. The predicted molar refractivity (Wildman–Crippen MR) is 177 cm³/mol. The fraction of sp³-hybridized carbons (Fsp3) is 0.795. The smallest absolute Gasteiger partial charge is 0.303 e. The molecule has 0 aromatic carbocycles. The lowest BCUT2D eigenvalue weighted by Gasteiger charge is -2.58. The number of hydrogen-bond donors (Lipinski definition) is 0. The van der Waals surface area contributed by atoms with Gasteiger partial charge in [0, 0.05) is 20.5 Å². The fourth-order valence-corrected chi connectivity index (χ4v) is 10.2. The molecule has 0 radical (unpaired) electrons. The van der Waals surface area contributed by atoms with Crippen molar-refractivity contribution in [3.63, 3.8) is 0 Å². The molecule has 1 heterocycles. The van der Waals surface area contributed by atoms with Crippen molar-refractivity contribution in [2.24, 2.45) is 34.5 Å². The van der Waals surface area contributed by atoms with Crippen molar-refractivity contribution in [2.75, 3.05) is 13.2 Å². The van der Waals surface area contributed by atoms with Crippen LogP contribution in [0.15, 0.2) is 35.5 Å². The Morgan fingerprint density at radius 2 is 1.76 bits per heavy atom. The molecule has 6 rings (SSSR count). The average molecular weight is 639 g/mol. The quantitative estimate of drug-likeness (QED) is 0.122. The SMILES string of the molecule is CC(=O)OC[C@H]1OC(O[C@H]2CC[C@@]3(C)C(=CC[C@H]4[C@@H]5CC[C@H](/C(C)=C/CCCCOC6CC6)[C@@]5(C)CC[C@@H]43)C2)C=C[C@@H]1OC(C)=O. The lowest BCUT2D eigenvalue weighted by molar-refractivity contribution is -0.213. The van der Waals surface area contributed by atoms with Gasteiger partial charge in [0.15, 0.2) is 6.29 Å². The first-order valence-corrected chi connectivity index (χ1v) is 18.3. The molecule has 10 atom stereocenters. The van der Waals surface area contributed by atoms with Gasteiger partial charge in [0.25, 0.3) is 0 Å². The first kappa shape index (κ1) is 33.9. The molecule has 0 amide bonds. The summed E-state index contributed by atoms with van der Waals surface area (Å²) in [6.07, 6.45) is 23.5. The van der Waals surface area contributed by atoms with E-state index in [2.05, 4.69) is 32.9 Å². The Balaban J connectivity index is 1.05. The van der Waals surface area contributed by atoms with E-state index in [0.717, 1.165) is 49.5 Å². The summed E-state index contributed by atoms with van der Waals surface area (Å²) in [5.41, 5.74) is 3.91. The molecule has 0 bridgehead atoms. The van der Waals surface area contributed by atoms with E-state index >= 15 is 0 Å². The van der Waals surface area contributed by atoms with Gasteiger partial charge in [0.2, 0.25) is 0 Å². The number of unbranched alkanes of at least 4 members (excludes halogenated alkanes) is 2. The lowest BCUT2D eigenvalue weighted by atomic mass is 9.47. The topological polar surface area (TPSA) is 80.3 Å². The van der Waals surface area contributed by atoms with Crippen LogP contribution in [0.1, 0.15) is 118 Å². The second kappa shape index (κ2) is 14.3. The van der Waals surface area contributed by atoms with Crippen molar-refractivity contribution in [2.45, 2.75) is 149 Å². The van der Waals surface area contributed by atoms with Crippen LogP contribution in [0, 0.1) is 34.5 Å². The van der Waals surface area contributed by atoms with Gasteiger partial charge in [-0.1, -0.05) is 37.1 Å². The van der Waals surface area contributed by atoms with Gasteiger partial charge in [-0.2, -0.15) is 0 Å². The summed E-state index contributed by atoms with van der Waals surface area (Å²) in [5.74, 6) is 2.29. The van der Waals surface area contributed by atoms with Crippen LogP contribution in [-0.4, -0.2) is 55.9 Å². The summed E-state index contributed by atoms with van der Waals surface area (Å²) in [6.45, 7) is 11.3. The largest absolute Gasteiger partial charge is 0.463 e. The van der Waals surface area contributed by atoms with Crippen LogP contribution in [0.4, 0.5) is 0 Å². The third-order valence-electron chi connectivity index (χ3n) is 12.8. The fourth-order valence-electron chi connectivity index (χ4n) is 10.2. The first-order chi connectivity index (χ1) is 22.1. The highest BCUT2D eigenvalue weighted by Gasteiger charge is 2.58. The highest BCUT2D eigenvalue weighted by Crippen LogP contribution is 2.67. The zero-order valence-corrected chi connectivity index (χ0v) is 29.0. The van der Waals surface area contributed by atoms with Gasteiger partial charge >= 0.3 is 11.9 Å². The summed E-state index contributed by atoms with van der Waals surface area (Å²) in [5, 5.41) is 0. The Morgan fingerprint density at radius 3 is 2.52 bits per heavy atom. The lowest BCUT2D eigenvalue weighted by Crippen LogP contribution is -2.51. The Labute approximate surface area is 276 Å². The second-order valence-electron chi connectivity index (χ2n) is 15.8. The zero-order valence-electron chi connectivity index (χ0n) is 29.0. The highest BCUT2D eigenvalue weighted by atomic mass is 16.7. The van der Waals surface area contributed by atoms with Crippen LogP contribution >= 0.6 is 0 Å². The molecule has 256 valence electrons. The third-order valence-corrected chi connectivity index (χ3v) is 12.8. The van der Waals surface area contributed by atoms with Gasteiger partial charge in [0.05, 0.1) is 12.2 Å². The van der Waals surface area contributed by atoms with Crippen molar-refractivity contribution in [1.29, 1.82) is 0 Å². The van der Waals surface area contributed by atoms with Gasteiger partial charge in [-0.3, -0.25) is 9.59 Å². The van der Waals surface area contributed by atoms with Crippen LogP contribution in [0.25, 0.3) is 0 Å². The molecule has 5 aliphatic carbocycles.